The zero-order valence-electron chi connectivity index (χ0n) is 14.3. The van der Waals surface area contributed by atoms with Gasteiger partial charge in [0.1, 0.15) is 0 Å². The Balaban J connectivity index is 1.58. The van der Waals surface area contributed by atoms with Crippen LogP contribution in [0.2, 0.25) is 0 Å². The van der Waals surface area contributed by atoms with Crippen molar-refractivity contribution in [3.8, 4) is 11.3 Å². The van der Waals surface area contributed by atoms with Gasteiger partial charge in [-0.1, -0.05) is 68.4 Å². The van der Waals surface area contributed by atoms with Crippen LogP contribution in [0.4, 0.5) is 9.93 Å². The molecule has 0 bridgehead atoms. The Morgan fingerprint density at radius 2 is 1.80 bits per heavy atom. The van der Waals surface area contributed by atoms with Gasteiger partial charge in [0, 0.05) is 17.5 Å². The minimum Gasteiger partial charge on any atom is -0.334 e. The molecule has 0 fully saturated rings. The van der Waals surface area contributed by atoms with Crippen molar-refractivity contribution >= 4 is 22.5 Å². The van der Waals surface area contributed by atoms with Gasteiger partial charge in [0.2, 0.25) is 0 Å². The van der Waals surface area contributed by atoms with E-state index >= 15 is 0 Å². The van der Waals surface area contributed by atoms with E-state index in [2.05, 4.69) is 53.7 Å². The van der Waals surface area contributed by atoms with E-state index in [1.165, 1.54) is 16.9 Å². The number of carbonyl (C=O) groups excluding carboxylic acids is 1. The summed E-state index contributed by atoms with van der Waals surface area (Å²) in [4.78, 5) is 16.5. The summed E-state index contributed by atoms with van der Waals surface area (Å²) in [6, 6.07) is 17.9. The number of hydrogen-bond acceptors (Lipinski definition) is 3. The van der Waals surface area contributed by atoms with Crippen LogP contribution in [-0.4, -0.2) is 11.0 Å². The molecule has 2 aromatic carbocycles. The van der Waals surface area contributed by atoms with Crippen molar-refractivity contribution < 1.29 is 4.79 Å². The fourth-order valence-corrected chi connectivity index (χ4v) is 3.14. The highest BCUT2D eigenvalue weighted by Crippen LogP contribution is 2.26. The van der Waals surface area contributed by atoms with Gasteiger partial charge in [0.15, 0.2) is 5.13 Å². The van der Waals surface area contributed by atoms with Crippen molar-refractivity contribution in [2.45, 2.75) is 26.3 Å². The summed E-state index contributed by atoms with van der Waals surface area (Å²) in [7, 11) is 0. The van der Waals surface area contributed by atoms with Crippen LogP contribution >= 0.6 is 11.3 Å². The molecule has 0 unspecified atom stereocenters. The molecule has 0 spiro atoms. The third-order valence-corrected chi connectivity index (χ3v) is 4.65. The molecule has 0 aliphatic heterocycles. The van der Waals surface area contributed by atoms with E-state index in [1.54, 1.807) is 0 Å². The molecule has 3 rings (SSSR count). The standard InChI is InChI=1S/C20H21N3OS/c1-14(2)16-8-10-17(11-9-16)18-13-25-20(22-18)23-19(24)21-12-15-6-4-3-5-7-15/h3-11,13-14H,12H2,1-2H3,(H2,21,22,23,24). The van der Waals surface area contributed by atoms with E-state index in [-0.39, 0.29) is 6.03 Å². The van der Waals surface area contributed by atoms with Crippen LogP contribution in [0.5, 0.6) is 0 Å². The molecule has 0 atom stereocenters. The minimum absolute atomic E-state index is 0.250. The molecule has 0 radical (unpaired) electrons. The Morgan fingerprint density at radius 1 is 1.08 bits per heavy atom. The lowest BCUT2D eigenvalue weighted by molar-refractivity contribution is 0.251. The topological polar surface area (TPSA) is 54.0 Å². The van der Waals surface area contributed by atoms with Gasteiger partial charge in [0.05, 0.1) is 5.69 Å². The lowest BCUT2D eigenvalue weighted by Crippen LogP contribution is -2.28. The number of thiazole rings is 1. The first-order valence-electron chi connectivity index (χ1n) is 8.26. The van der Waals surface area contributed by atoms with Crippen LogP contribution < -0.4 is 10.6 Å². The van der Waals surface area contributed by atoms with E-state index in [1.807, 2.05) is 35.7 Å². The van der Waals surface area contributed by atoms with Gasteiger partial charge in [-0.2, -0.15) is 0 Å². The highest BCUT2D eigenvalue weighted by atomic mass is 32.1. The van der Waals surface area contributed by atoms with Gasteiger partial charge in [-0.05, 0) is 17.0 Å². The molecule has 0 saturated heterocycles. The number of amides is 2. The molecule has 0 saturated carbocycles. The molecule has 5 heteroatoms. The Bertz CT molecular complexity index is 826. The molecule has 128 valence electrons. The van der Waals surface area contributed by atoms with E-state index < -0.39 is 0 Å². The van der Waals surface area contributed by atoms with Crippen LogP contribution in [0.3, 0.4) is 0 Å². The molecule has 1 heterocycles. The Hall–Kier alpha value is -2.66. The third-order valence-electron chi connectivity index (χ3n) is 3.89. The number of nitrogens with zero attached hydrogens (tertiary/aromatic N) is 1. The Kier molecular flexibility index (Phi) is 5.46. The number of nitrogens with one attached hydrogen (secondary N) is 2. The van der Waals surface area contributed by atoms with Crippen molar-refractivity contribution in [1.29, 1.82) is 0 Å². The second kappa shape index (κ2) is 7.94. The summed E-state index contributed by atoms with van der Waals surface area (Å²) in [5.41, 5.74) is 4.29. The fraction of sp³-hybridized carbons (Fsp3) is 0.200. The summed E-state index contributed by atoms with van der Waals surface area (Å²) < 4.78 is 0. The summed E-state index contributed by atoms with van der Waals surface area (Å²) in [6.07, 6.45) is 0. The van der Waals surface area contributed by atoms with E-state index in [9.17, 15) is 4.79 Å². The minimum atomic E-state index is -0.250. The molecule has 1 aromatic heterocycles. The summed E-state index contributed by atoms with van der Waals surface area (Å²) in [5, 5.41) is 8.17. The zero-order valence-corrected chi connectivity index (χ0v) is 15.1. The van der Waals surface area contributed by atoms with Crippen molar-refractivity contribution in [3.63, 3.8) is 0 Å². The molecular formula is C20H21N3OS. The maximum absolute atomic E-state index is 12.0. The molecule has 3 aromatic rings. The van der Waals surface area contributed by atoms with Gasteiger partial charge in [0.25, 0.3) is 0 Å². The molecule has 0 aliphatic rings. The molecule has 25 heavy (non-hydrogen) atoms. The first-order chi connectivity index (χ1) is 12.1. The lowest BCUT2D eigenvalue weighted by Gasteiger charge is -2.06. The van der Waals surface area contributed by atoms with Crippen LogP contribution in [-0.2, 0) is 6.54 Å². The molecule has 2 amide bonds. The predicted molar refractivity (Wildman–Crippen MR) is 104 cm³/mol. The SMILES string of the molecule is CC(C)c1ccc(-c2csc(NC(=O)NCc3ccccc3)n2)cc1. The normalized spacial score (nSPS) is 10.7. The Labute approximate surface area is 151 Å². The first kappa shape index (κ1) is 17.2. The zero-order chi connectivity index (χ0) is 17.6. The van der Waals surface area contributed by atoms with E-state index in [0.29, 0.717) is 17.6 Å². The summed E-state index contributed by atoms with van der Waals surface area (Å²) in [5.74, 6) is 0.509. The van der Waals surface area contributed by atoms with Gasteiger partial charge < -0.3 is 5.32 Å². The molecule has 2 N–H and O–H groups in total. The lowest BCUT2D eigenvalue weighted by atomic mass is 10.0. The third kappa shape index (κ3) is 4.67. The largest absolute Gasteiger partial charge is 0.334 e. The van der Waals surface area contributed by atoms with Crippen LogP contribution in [0, 0.1) is 0 Å². The van der Waals surface area contributed by atoms with Gasteiger partial charge in [-0.15, -0.1) is 11.3 Å². The van der Waals surface area contributed by atoms with E-state index in [0.717, 1.165) is 16.8 Å². The average molecular weight is 351 g/mol. The van der Waals surface area contributed by atoms with Crippen molar-refractivity contribution in [2.75, 3.05) is 5.32 Å². The van der Waals surface area contributed by atoms with Crippen LogP contribution in [0.25, 0.3) is 11.3 Å². The van der Waals surface area contributed by atoms with E-state index in [4.69, 9.17) is 0 Å². The molecule has 0 aliphatic carbocycles. The predicted octanol–water partition coefficient (Wildman–Crippen LogP) is 5.26. The number of hydrogen-bond donors (Lipinski definition) is 2. The Morgan fingerprint density at radius 3 is 2.48 bits per heavy atom. The average Bonchev–Trinajstić information content (AvgIpc) is 3.09. The smallest absolute Gasteiger partial charge is 0.321 e. The quantitative estimate of drug-likeness (QED) is 0.659. The maximum Gasteiger partial charge on any atom is 0.321 e. The maximum atomic E-state index is 12.0. The van der Waals surface area contributed by atoms with Crippen LogP contribution in [0.1, 0.15) is 30.9 Å². The molecular weight excluding hydrogens is 330 g/mol. The number of carbonyl (C=O) groups is 1. The summed E-state index contributed by atoms with van der Waals surface area (Å²) in [6.45, 7) is 4.84. The van der Waals surface area contributed by atoms with Gasteiger partial charge in [-0.25, -0.2) is 9.78 Å². The number of rotatable bonds is 5. The van der Waals surface area contributed by atoms with Gasteiger partial charge >= 0.3 is 6.03 Å². The molecule has 4 nitrogen and oxygen atoms in total. The summed E-state index contributed by atoms with van der Waals surface area (Å²) >= 11 is 1.42. The van der Waals surface area contributed by atoms with Crippen LogP contribution in [0.15, 0.2) is 60.0 Å². The highest BCUT2D eigenvalue weighted by Gasteiger charge is 2.08. The first-order valence-corrected chi connectivity index (χ1v) is 9.14. The number of aromatic nitrogens is 1. The van der Waals surface area contributed by atoms with Crippen molar-refractivity contribution in [2.24, 2.45) is 0 Å². The van der Waals surface area contributed by atoms with Gasteiger partial charge in [-0.3, -0.25) is 5.32 Å². The second-order valence-electron chi connectivity index (χ2n) is 6.11. The number of anilines is 1. The number of benzene rings is 2. The van der Waals surface area contributed by atoms with Crippen molar-refractivity contribution in [3.05, 3.63) is 71.1 Å². The monoisotopic (exact) mass is 351 g/mol. The number of urea groups is 1. The fourth-order valence-electron chi connectivity index (χ4n) is 2.42. The second-order valence-corrected chi connectivity index (χ2v) is 6.97. The van der Waals surface area contributed by atoms with Crippen molar-refractivity contribution in [1.82, 2.24) is 10.3 Å². The highest BCUT2D eigenvalue weighted by molar-refractivity contribution is 7.14.